The summed E-state index contributed by atoms with van der Waals surface area (Å²) in [7, 11) is -3.63. The summed E-state index contributed by atoms with van der Waals surface area (Å²) in [6.07, 6.45) is 2.38. The van der Waals surface area contributed by atoms with Gasteiger partial charge in [-0.2, -0.15) is 4.31 Å². The highest BCUT2D eigenvalue weighted by molar-refractivity contribution is 7.89. The van der Waals surface area contributed by atoms with E-state index in [1.807, 2.05) is 13.8 Å². The molecule has 0 aliphatic carbocycles. The van der Waals surface area contributed by atoms with Crippen molar-refractivity contribution in [2.75, 3.05) is 26.2 Å². The molecule has 1 saturated heterocycles. The Balaban J connectivity index is 1.85. The molecular weight excluding hydrogens is 408 g/mol. The Hall–Kier alpha value is -2.46. The van der Waals surface area contributed by atoms with Crippen molar-refractivity contribution in [3.8, 4) is 0 Å². The molecule has 0 unspecified atom stereocenters. The average Bonchev–Trinajstić information content (AvgIpc) is 3.29. The van der Waals surface area contributed by atoms with E-state index in [0.717, 1.165) is 12.8 Å². The van der Waals surface area contributed by atoms with Crippen LogP contribution >= 0.6 is 0 Å². The lowest BCUT2D eigenvalue weighted by molar-refractivity contribution is -0.131. The minimum Gasteiger partial charge on any atom is -0.343 e. The van der Waals surface area contributed by atoms with E-state index in [-0.39, 0.29) is 29.2 Å². The van der Waals surface area contributed by atoms with Crippen LogP contribution in [0.5, 0.6) is 0 Å². The van der Waals surface area contributed by atoms with Gasteiger partial charge in [-0.1, -0.05) is 6.07 Å². The van der Waals surface area contributed by atoms with Crippen molar-refractivity contribution in [3.05, 3.63) is 29.8 Å². The van der Waals surface area contributed by atoms with Gasteiger partial charge in [0.05, 0.1) is 4.90 Å². The number of hydrazine groups is 1. The third-order valence-electron chi connectivity index (χ3n) is 5.03. The van der Waals surface area contributed by atoms with Crippen LogP contribution in [-0.2, 0) is 19.6 Å². The van der Waals surface area contributed by atoms with Crippen LogP contribution in [0.1, 0.15) is 56.3 Å². The number of carbonyl (C=O) groups excluding carboxylic acids is 3. The third-order valence-corrected chi connectivity index (χ3v) is 6.92. The van der Waals surface area contributed by atoms with E-state index in [1.54, 1.807) is 4.90 Å². The number of nitrogens with zero attached hydrogens (tertiary/aromatic N) is 2. The summed E-state index contributed by atoms with van der Waals surface area (Å²) >= 11 is 0. The quantitative estimate of drug-likeness (QED) is 0.563. The molecule has 0 saturated carbocycles. The fraction of sp³-hybridized carbons (Fsp3) is 0.550. The highest BCUT2D eigenvalue weighted by Gasteiger charge is 2.27. The molecular formula is C20H30N4O5S. The van der Waals surface area contributed by atoms with E-state index >= 15 is 0 Å². The average molecular weight is 439 g/mol. The van der Waals surface area contributed by atoms with E-state index in [9.17, 15) is 22.8 Å². The normalized spacial score (nSPS) is 14.3. The minimum absolute atomic E-state index is 0.00661. The van der Waals surface area contributed by atoms with Crippen LogP contribution in [0.15, 0.2) is 29.2 Å². The lowest BCUT2D eigenvalue weighted by atomic mass is 10.2. The molecule has 1 heterocycles. The molecule has 0 atom stereocenters. The molecule has 1 aliphatic rings. The number of hydrogen-bond donors (Lipinski definition) is 2. The van der Waals surface area contributed by atoms with Crippen LogP contribution in [0.3, 0.4) is 0 Å². The minimum atomic E-state index is -3.63. The van der Waals surface area contributed by atoms with Crippen LogP contribution < -0.4 is 10.9 Å². The van der Waals surface area contributed by atoms with Crippen LogP contribution in [0.2, 0.25) is 0 Å². The molecule has 0 bridgehead atoms. The van der Waals surface area contributed by atoms with Crippen molar-refractivity contribution >= 4 is 27.7 Å². The summed E-state index contributed by atoms with van der Waals surface area (Å²) in [6.45, 7) is 6.01. The first-order valence-corrected chi connectivity index (χ1v) is 11.7. The molecule has 1 aromatic carbocycles. The van der Waals surface area contributed by atoms with E-state index in [1.165, 1.54) is 28.6 Å². The van der Waals surface area contributed by atoms with Crippen molar-refractivity contribution in [1.29, 1.82) is 0 Å². The van der Waals surface area contributed by atoms with Gasteiger partial charge in [0.15, 0.2) is 0 Å². The van der Waals surface area contributed by atoms with Gasteiger partial charge in [0.2, 0.25) is 21.8 Å². The van der Waals surface area contributed by atoms with Gasteiger partial charge in [0.25, 0.3) is 5.91 Å². The first-order valence-electron chi connectivity index (χ1n) is 10.3. The SMILES string of the molecule is CCN(CC)C(=O)CCCC(=O)NNC(=O)c1cccc(S(=O)(=O)N2CCCC2)c1. The maximum atomic E-state index is 12.6. The lowest BCUT2D eigenvalue weighted by Gasteiger charge is -2.18. The van der Waals surface area contributed by atoms with Crippen molar-refractivity contribution in [1.82, 2.24) is 20.1 Å². The predicted molar refractivity (Wildman–Crippen MR) is 112 cm³/mol. The molecule has 1 fully saturated rings. The summed E-state index contributed by atoms with van der Waals surface area (Å²) in [5, 5.41) is 0. The Morgan fingerprint density at radius 3 is 2.33 bits per heavy atom. The molecule has 10 heteroatoms. The predicted octanol–water partition coefficient (Wildman–Crippen LogP) is 1.27. The second-order valence-corrected chi connectivity index (χ2v) is 9.00. The Kier molecular flexibility index (Phi) is 8.79. The van der Waals surface area contributed by atoms with Gasteiger partial charge in [-0.3, -0.25) is 25.2 Å². The number of amides is 3. The number of nitrogens with one attached hydrogen (secondary N) is 2. The topological polar surface area (TPSA) is 116 Å². The zero-order valence-electron chi connectivity index (χ0n) is 17.5. The largest absolute Gasteiger partial charge is 0.343 e. The van der Waals surface area contributed by atoms with Gasteiger partial charge in [0.1, 0.15) is 0 Å². The lowest BCUT2D eigenvalue weighted by Crippen LogP contribution is -2.41. The summed E-state index contributed by atoms with van der Waals surface area (Å²) < 4.78 is 26.7. The van der Waals surface area contributed by atoms with Crippen LogP contribution in [0.4, 0.5) is 0 Å². The Morgan fingerprint density at radius 1 is 1.03 bits per heavy atom. The Bertz CT molecular complexity index is 862. The molecule has 0 spiro atoms. The first kappa shape index (κ1) is 23.8. The molecule has 0 aromatic heterocycles. The second kappa shape index (κ2) is 11.1. The maximum Gasteiger partial charge on any atom is 0.269 e. The fourth-order valence-electron chi connectivity index (χ4n) is 3.27. The molecule has 2 rings (SSSR count). The Morgan fingerprint density at radius 2 is 1.70 bits per heavy atom. The van der Waals surface area contributed by atoms with Gasteiger partial charge in [0, 0.05) is 44.6 Å². The van der Waals surface area contributed by atoms with Crippen molar-refractivity contribution in [2.24, 2.45) is 0 Å². The molecule has 3 amide bonds. The third kappa shape index (κ3) is 6.27. The maximum absolute atomic E-state index is 12.6. The number of sulfonamides is 1. The van der Waals surface area contributed by atoms with E-state index in [0.29, 0.717) is 32.6 Å². The van der Waals surface area contributed by atoms with Crippen LogP contribution in [-0.4, -0.2) is 61.5 Å². The Labute approximate surface area is 177 Å². The van der Waals surface area contributed by atoms with Gasteiger partial charge in [-0.25, -0.2) is 8.42 Å². The van der Waals surface area contributed by atoms with Gasteiger partial charge >= 0.3 is 0 Å². The van der Waals surface area contributed by atoms with Crippen LogP contribution in [0.25, 0.3) is 0 Å². The van der Waals surface area contributed by atoms with E-state index < -0.39 is 21.8 Å². The second-order valence-electron chi connectivity index (χ2n) is 7.06. The first-order chi connectivity index (χ1) is 14.3. The molecule has 30 heavy (non-hydrogen) atoms. The standard InChI is InChI=1S/C20H30N4O5S/c1-3-23(4-2)19(26)12-8-11-18(25)21-22-20(27)16-9-7-10-17(15-16)30(28,29)24-13-5-6-14-24/h7,9-10,15H,3-6,8,11-14H2,1-2H3,(H,21,25)(H,22,27). The van der Waals surface area contributed by atoms with Gasteiger partial charge in [-0.15, -0.1) is 0 Å². The summed E-state index contributed by atoms with van der Waals surface area (Å²) in [6, 6.07) is 5.74. The summed E-state index contributed by atoms with van der Waals surface area (Å²) in [5.41, 5.74) is 4.72. The molecule has 1 aliphatic heterocycles. The molecule has 1 aromatic rings. The molecule has 2 N–H and O–H groups in total. The number of benzene rings is 1. The number of carbonyl (C=O) groups is 3. The molecule has 0 radical (unpaired) electrons. The van der Waals surface area contributed by atoms with E-state index in [4.69, 9.17) is 0 Å². The number of rotatable bonds is 9. The van der Waals surface area contributed by atoms with Gasteiger partial charge < -0.3 is 4.90 Å². The zero-order valence-corrected chi connectivity index (χ0v) is 18.3. The van der Waals surface area contributed by atoms with Gasteiger partial charge in [-0.05, 0) is 51.3 Å². The zero-order chi connectivity index (χ0) is 22.1. The monoisotopic (exact) mass is 438 g/mol. The molecule has 9 nitrogen and oxygen atoms in total. The number of hydrogen-bond acceptors (Lipinski definition) is 5. The highest BCUT2D eigenvalue weighted by atomic mass is 32.2. The smallest absolute Gasteiger partial charge is 0.269 e. The van der Waals surface area contributed by atoms with Crippen molar-refractivity contribution in [2.45, 2.75) is 50.8 Å². The van der Waals surface area contributed by atoms with Crippen LogP contribution in [0, 0.1) is 0 Å². The van der Waals surface area contributed by atoms with E-state index in [2.05, 4.69) is 10.9 Å². The summed E-state index contributed by atoms with van der Waals surface area (Å²) in [4.78, 5) is 37.9. The molecule has 166 valence electrons. The highest BCUT2D eigenvalue weighted by Crippen LogP contribution is 2.21. The fourth-order valence-corrected chi connectivity index (χ4v) is 4.83. The van der Waals surface area contributed by atoms with Crippen molar-refractivity contribution < 1.29 is 22.8 Å². The summed E-state index contributed by atoms with van der Waals surface area (Å²) in [5.74, 6) is -1.04. The van der Waals surface area contributed by atoms with Crippen molar-refractivity contribution in [3.63, 3.8) is 0 Å².